The number of halogens is 2. The van der Waals surface area contributed by atoms with Crippen molar-refractivity contribution in [2.45, 2.75) is 57.4 Å². The fourth-order valence-corrected chi connectivity index (χ4v) is 4.41. The standard InChI is InChI=1S/C23H34ClN5O2.HI/c1-25-23(26-14-5-8-21(30)27-19-11-9-18(24)10-12-19)28-20-13-15-29(16-20)22(31)17-6-3-2-4-7-17;/h9-12,17,20H,2-8,13-16H2,1H3,(H,27,30)(H2,25,26,28);1H. The van der Waals surface area contributed by atoms with Gasteiger partial charge >= 0.3 is 0 Å². The molecule has 2 fully saturated rings. The number of carbonyl (C=O) groups is 2. The van der Waals surface area contributed by atoms with Gasteiger partial charge in [-0.3, -0.25) is 14.6 Å². The predicted molar refractivity (Wildman–Crippen MR) is 141 cm³/mol. The molecule has 3 N–H and O–H groups in total. The molecule has 9 heteroatoms. The number of hydrogen-bond donors (Lipinski definition) is 3. The maximum absolute atomic E-state index is 12.7. The van der Waals surface area contributed by atoms with Crippen molar-refractivity contribution in [1.82, 2.24) is 15.5 Å². The maximum atomic E-state index is 12.7. The molecule has 3 rings (SSSR count). The Bertz CT molecular complexity index is 768. The maximum Gasteiger partial charge on any atom is 0.225 e. The molecule has 1 atom stereocenters. The number of amides is 2. The van der Waals surface area contributed by atoms with Crippen molar-refractivity contribution in [3.8, 4) is 0 Å². The zero-order valence-electron chi connectivity index (χ0n) is 18.7. The van der Waals surface area contributed by atoms with Crippen LogP contribution in [0.3, 0.4) is 0 Å². The monoisotopic (exact) mass is 575 g/mol. The van der Waals surface area contributed by atoms with Crippen LogP contribution in [-0.2, 0) is 9.59 Å². The van der Waals surface area contributed by atoms with Crippen LogP contribution in [0.4, 0.5) is 5.69 Å². The Morgan fingerprint density at radius 2 is 1.84 bits per heavy atom. The lowest BCUT2D eigenvalue weighted by Gasteiger charge is -2.26. The van der Waals surface area contributed by atoms with E-state index in [0.717, 1.165) is 44.0 Å². The Labute approximate surface area is 213 Å². The van der Waals surface area contributed by atoms with Gasteiger partial charge in [0.25, 0.3) is 0 Å². The van der Waals surface area contributed by atoms with Gasteiger partial charge in [0.15, 0.2) is 5.96 Å². The quantitative estimate of drug-likeness (QED) is 0.198. The van der Waals surface area contributed by atoms with E-state index < -0.39 is 0 Å². The highest BCUT2D eigenvalue weighted by Gasteiger charge is 2.31. The van der Waals surface area contributed by atoms with Gasteiger partial charge in [-0.15, -0.1) is 24.0 Å². The number of anilines is 1. The number of hydrogen-bond acceptors (Lipinski definition) is 3. The van der Waals surface area contributed by atoms with Gasteiger partial charge in [-0.25, -0.2) is 0 Å². The normalized spacial score (nSPS) is 19.2. The zero-order valence-corrected chi connectivity index (χ0v) is 21.8. The highest BCUT2D eigenvalue weighted by Crippen LogP contribution is 2.26. The van der Waals surface area contributed by atoms with E-state index in [1.165, 1.54) is 19.3 Å². The third-order valence-electron chi connectivity index (χ3n) is 6.02. The van der Waals surface area contributed by atoms with Crippen LogP contribution < -0.4 is 16.0 Å². The smallest absolute Gasteiger partial charge is 0.225 e. The lowest BCUT2D eigenvalue weighted by molar-refractivity contribution is -0.135. The molecular formula is C23H35ClIN5O2. The SMILES string of the molecule is CN=C(NCCCC(=O)Nc1ccc(Cl)cc1)NC1CCN(C(=O)C2CCCCC2)C1.I. The molecule has 1 aromatic rings. The van der Waals surface area contributed by atoms with E-state index in [9.17, 15) is 9.59 Å². The summed E-state index contributed by atoms with van der Waals surface area (Å²) in [4.78, 5) is 31.1. The molecule has 1 saturated heterocycles. The number of guanidine groups is 1. The largest absolute Gasteiger partial charge is 0.356 e. The predicted octanol–water partition coefficient (Wildman–Crippen LogP) is 4.02. The summed E-state index contributed by atoms with van der Waals surface area (Å²) in [6.07, 6.45) is 7.75. The number of aliphatic imine (C=N–C) groups is 1. The second-order valence-corrected chi connectivity index (χ2v) is 8.84. The van der Waals surface area contributed by atoms with Gasteiger partial charge in [0.1, 0.15) is 0 Å². The molecule has 1 aliphatic carbocycles. The summed E-state index contributed by atoms with van der Waals surface area (Å²) in [7, 11) is 1.74. The van der Waals surface area contributed by atoms with Crippen LogP contribution in [0.15, 0.2) is 29.3 Å². The van der Waals surface area contributed by atoms with E-state index in [-0.39, 0.29) is 41.8 Å². The summed E-state index contributed by atoms with van der Waals surface area (Å²) in [5, 5.41) is 10.2. The lowest BCUT2D eigenvalue weighted by Crippen LogP contribution is -2.45. The van der Waals surface area contributed by atoms with E-state index in [1.54, 1.807) is 31.3 Å². The van der Waals surface area contributed by atoms with Gasteiger partial charge in [-0.1, -0.05) is 30.9 Å². The summed E-state index contributed by atoms with van der Waals surface area (Å²) < 4.78 is 0. The minimum atomic E-state index is -0.0280. The van der Waals surface area contributed by atoms with Crippen LogP contribution in [0, 0.1) is 5.92 Å². The molecule has 178 valence electrons. The third kappa shape index (κ3) is 8.42. The minimum Gasteiger partial charge on any atom is -0.356 e. The second-order valence-electron chi connectivity index (χ2n) is 8.41. The lowest BCUT2D eigenvalue weighted by atomic mass is 9.88. The Morgan fingerprint density at radius 1 is 1.12 bits per heavy atom. The van der Waals surface area contributed by atoms with E-state index in [0.29, 0.717) is 30.3 Å². The van der Waals surface area contributed by atoms with Crippen molar-refractivity contribution < 1.29 is 9.59 Å². The number of benzene rings is 1. The number of rotatable bonds is 7. The van der Waals surface area contributed by atoms with Crippen LogP contribution in [-0.4, -0.2) is 55.4 Å². The fourth-order valence-electron chi connectivity index (χ4n) is 4.29. The summed E-state index contributed by atoms with van der Waals surface area (Å²) >= 11 is 5.86. The number of nitrogens with one attached hydrogen (secondary N) is 3. The van der Waals surface area contributed by atoms with Crippen molar-refractivity contribution in [1.29, 1.82) is 0 Å². The molecule has 2 amide bonds. The highest BCUT2D eigenvalue weighted by molar-refractivity contribution is 14.0. The first kappa shape index (κ1) is 26.7. The molecule has 1 unspecified atom stereocenters. The minimum absolute atomic E-state index is 0. The van der Waals surface area contributed by atoms with Gasteiger partial charge in [-0.05, 0) is 49.9 Å². The van der Waals surface area contributed by atoms with E-state index in [4.69, 9.17) is 11.6 Å². The van der Waals surface area contributed by atoms with Gasteiger partial charge in [0.2, 0.25) is 11.8 Å². The van der Waals surface area contributed by atoms with Crippen molar-refractivity contribution in [3.63, 3.8) is 0 Å². The van der Waals surface area contributed by atoms with E-state index in [1.807, 2.05) is 4.90 Å². The number of carbonyl (C=O) groups excluding carboxylic acids is 2. The van der Waals surface area contributed by atoms with Crippen LogP contribution in [0.2, 0.25) is 5.02 Å². The van der Waals surface area contributed by atoms with Crippen LogP contribution >= 0.6 is 35.6 Å². The second kappa shape index (κ2) is 13.9. The van der Waals surface area contributed by atoms with Crippen LogP contribution in [0.5, 0.6) is 0 Å². The first-order valence-corrected chi connectivity index (χ1v) is 11.7. The topological polar surface area (TPSA) is 85.8 Å². The molecule has 1 aromatic carbocycles. The fraction of sp³-hybridized carbons (Fsp3) is 0.609. The number of nitrogens with zero attached hydrogens (tertiary/aromatic N) is 2. The molecule has 0 radical (unpaired) electrons. The van der Waals surface area contributed by atoms with Gasteiger partial charge in [0.05, 0.1) is 0 Å². The zero-order chi connectivity index (χ0) is 22.1. The Hall–Kier alpha value is -1.55. The van der Waals surface area contributed by atoms with Crippen molar-refractivity contribution >= 4 is 59.0 Å². The summed E-state index contributed by atoms with van der Waals surface area (Å²) in [5.74, 6) is 1.25. The molecule has 0 spiro atoms. The van der Waals surface area contributed by atoms with E-state index >= 15 is 0 Å². The average molecular weight is 576 g/mol. The summed E-state index contributed by atoms with van der Waals surface area (Å²) in [5.41, 5.74) is 0.744. The first-order valence-electron chi connectivity index (χ1n) is 11.4. The van der Waals surface area contributed by atoms with Gasteiger partial charge < -0.3 is 20.9 Å². The third-order valence-corrected chi connectivity index (χ3v) is 6.27. The molecule has 7 nitrogen and oxygen atoms in total. The van der Waals surface area contributed by atoms with Crippen LogP contribution in [0.25, 0.3) is 0 Å². The Morgan fingerprint density at radius 3 is 2.53 bits per heavy atom. The first-order chi connectivity index (χ1) is 15.0. The van der Waals surface area contributed by atoms with E-state index in [2.05, 4.69) is 20.9 Å². The van der Waals surface area contributed by atoms with Gasteiger partial charge in [0, 0.05) is 55.8 Å². The number of likely N-dealkylation sites (tertiary alicyclic amines) is 1. The highest BCUT2D eigenvalue weighted by atomic mass is 127. The summed E-state index contributed by atoms with van der Waals surface area (Å²) in [6, 6.07) is 7.29. The van der Waals surface area contributed by atoms with Crippen LogP contribution in [0.1, 0.15) is 51.4 Å². The van der Waals surface area contributed by atoms with Gasteiger partial charge in [-0.2, -0.15) is 0 Å². The van der Waals surface area contributed by atoms with Crippen molar-refractivity contribution in [3.05, 3.63) is 29.3 Å². The van der Waals surface area contributed by atoms with Crippen molar-refractivity contribution in [2.75, 3.05) is 32.0 Å². The molecule has 1 aliphatic heterocycles. The Balaban J connectivity index is 0.00000363. The molecule has 32 heavy (non-hydrogen) atoms. The molecule has 0 aromatic heterocycles. The molecule has 0 bridgehead atoms. The molecule has 1 heterocycles. The summed E-state index contributed by atoms with van der Waals surface area (Å²) in [6.45, 7) is 2.19. The molecule has 1 saturated carbocycles. The Kier molecular flexibility index (Phi) is 11.6. The molecule has 2 aliphatic rings. The van der Waals surface area contributed by atoms with Crippen molar-refractivity contribution in [2.24, 2.45) is 10.9 Å². The molecular weight excluding hydrogens is 541 g/mol. The average Bonchev–Trinajstić information content (AvgIpc) is 3.26.